The monoisotopic (exact) mass is 331 g/mol. The minimum Gasteiger partial charge on any atom is -0.481 e. The second-order valence-electron chi connectivity index (χ2n) is 6.35. The molecule has 2 rings (SSSR count). The van der Waals surface area contributed by atoms with Gasteiger partial charge in [-0.3, -0.25) is 4.79 Å². The number of nitrogens with one attached hydrogen (secondary N) is 1. The largest absolute Gasteiger partial charge is 0.481 e. The summed E-state index contributed by atoms with van der Waals surface area (Å²) in [5.74, 6) is -0.955. The van der Waals surface area contributed by atoms with Crippen molar-refractivity contribution in [1.29, 1.82) is 0 Å². The van der Waals surface area contributed by atoms with Crippen LogP contribution in [0.4, 0.5) is 0 Å². The van der Waals surface area contributed by atoms with Crippen molar-refractivity contribution < 1.29 is 18.3 Å². The highest BCUT2D eigenvalue weighted by molar-refractivity contribution is 7.91. The van der Waals surface area contributed by atoms with E-state index < -0.39 is 16.0 Å². The van der Waals surface area contributed by atoms with E-state index >= 15 is 0 Å². The lowest BCUT2D eigenvalue weighted by atomic mass is 9.76. The minimum atomic E-state index is -3.54. The lowest BCUT2D eigenvalue weighted by Crippen LogP contribution is -2.38. The van der Waals surface area contributed by atoms with Gasteiger partial charge in [0.15, 0.2) is 0 Å². The van der Waals surface area contributed by atoms with Crippen LogP contribution in [0.1, 0.15) is 44.4 Å². The Morgan fingerprint density at radius 1 is 1.38 bits per heavy atom. The molecule has 0 radical (unpaired) electrons. The van der Waals surface area contributed by atoms with E-state index in [0.717, 1.165) is 37.0 Å². The highest BCUT2D eigenvalue weighted by Crippen LogP contribution is 2.35. The molecule has 0 amide bonds. The van der Waals surface area contributed by atoms with Crippen molar-refractivity contribution in [2.24, 2.45) is 5.41 Å². The highest BCUT2D eigenvalue weighted by atomic mass is 32.2. The summed E-state index contributed by atoms with van der Waals surface area (Å²) in [4.78, 5) is 11.2. The van der Waals surface area contributed by atoms with Crippen molar-refractivity contribution in [1.82, 2.24) is 4.72 Å². The summed E-state index contributed by atoms with van der Waals surface area (Å²) >= 11 is 1.03. The maximum atomic E-state index is 12.3. The van der Waals surface area contributed by atoms with E-state index in [1.165, 1.54) is 6.07 Å². The molecule has 1 heterocycles. The fourth-order valence-corrected chi connectivity index (χ4v) is 5.21. The number of sulfonamides is 1. The van der Waals surface area contributed by atoms with Gasteiger partial charge in [-0.15, -0.1) is 11.3 Å². The number of hydrogen-bond acceptors (Lipinski definition) is 4. The summed E-state index contributed by atoms with van der Waals surface area (Å²) < 4.78 is 27.6. The zero-order valence-corrected chi connectivity index (χ0v) is 13.9. The van der Waals surface area contributed by atoms with Crippen LogP contribution in [0.5, 0.6) is 0 Å². The SMILES string of the molecule is CC1(C)CCC(NS(=O)(=O)c2ccc(CC(=O)O)s2)CC1. The van der Waals surface area contributed by atoms with Gasteiger partial charge < -0.3 is 5.11 Å². The molecule has 1 aromatic rings. The molecule has 0 saturated heterocycles. The quantitative estimate of drug-likeness (QED) is 0.869. The van der Waals surface area contributed by atoms with E-state index in [0.29, 0.717) is 10.3 Å². The second-order valence-corrected chi connectivity index (χ2v) is 9.46. The molecule has 5 nitrogen and oxygen atoms in total. The van der Waals surface area contributed by atoms with Crippen LogP contribution in [-0.2, 0) is 21.2 Å². The van der Waals surface area contributed by atoms with Crippen molar-refractivity contribution in [2.75, 3.05) is 0 Å². The summed E-state index contributed by atoms with van der Waals surface area (Å²) in [5, 5.41) is 8.73. The summed E-state index contributed by atoms with van der Waals surface area (Å²) in [6, 6.07) is 3.03. The van der Waals surface area contributed by atoms with Crippen LogP contribution in [0.25, 0.3) is 0 Å². The van der Waals surface area contributed by atoms with Crippen molar-refractivity contribution in [3.8, 4) is 0 Å². The Hall–Kier alpha value is -0.920. The van der Waals surface area contributed by atoms with Gasteiger partial charge in [-0.25, -0.2) is 13.1 Å². The molecule has 0 bridgehead atoms. The molecule has 1 fully saturated rings. The Morgan fingerprint density at radius 2 is 2.00 bits per heavy atom. The van der Waals surface area contributed by atoms with Crippen molar-refractivity contribution in [2.45, 2.75) is 56.2 Å². The van der Waals surface area contributed by atoms with Gasteiger partial charge in [0.05, 0.1) is 6.42 Å². The van der Waals surface area contributed by atoms with Crippen molar-refractivity contribution in [3.63, 3.8) is 0 Å². The molecule has 1 aromatic heterocycles. The number of carbonyl (C=O) groups is 1. The summed E-state index contributed by atoms with van der Waals surface area (Å²) in [6.45, 7) is 4.41. The van der Waals surface area contributed by atoms with Gasteiger partial charge in [0.1, 0.15) is 4.21 Å². The first-order valence-corrected chi connectivity index (χ1v) is 9.31. The standard InChI is InChI=1S/C14H21NO4S2/c1-14(2)7-5-10(6-8-14)15-21(18,19)13-4-3-11(20-13)9-12(16)17/h3-4,10,15H,5-9H2,1-2H3,(H,16,17). The second kappa shape index (κ2) is 6.06. The predicted octanol–water partition coefficient (Wildman–Crippen LogP) is 2.62. The van der Waals surface area contributed by atoms with Gasteiger partial charge in [0, 0.05) is 10.9 Å². The molecule has 1 saturated carbocycles. The maximum absolute atomic E-state index is 12.3. The Morgan fingerprint density at radius 3 is 2.57 bits per heavy atom. The number of carboxylic acids is 1. The molecule has 0 aromatic carbocycles. The van der Waals surface area contributed by atoms with E-state index in [1.807, 2.05) is 0 Å². The number of thiophene rings is 1. The third-order valence-corrected chi connectivity index (χ3v) is 6.99. The average molecular weight is 331 g/mol. The smallest absolute Gasteiger partial charge is 0.308 e. The number of rotatable bonds is 5. The van der Waals surface area contributed by atoms with Crippen LogP contribution in [0.15, 0.2) is 16.3 Å². The zero-order chi connectivity index (χ0) is 15.7. The van der Waals surface area contributed by atoms with Gasteiger partial charge in [-0.05, 0) is 43.2 Å². The Bertz CT molecular complexity index is 609. The lowest BCUT2D eigenvalue weighted by Gasteiger charge is -2.34. The lowest BCUT2D eigenvalue weighted by molar-refractivity contribution is -0.136. The first kappa shape index (κ1) is 16.5. The number of aliphatic carboxylic acids is 1. The molecule has 1 aliphatic rings. The Labute approximate surface area is 129 Å². The first-order chi connectivity index (χ1) is 9.68. The van der Waals surface area contributed by atoms with Crippen LogP contribution in [0.3, 0.4) is 0 Å². The molecule has 1 aliphatic carbocycles. The minimum absolute atomic E-state index is 0.0203. The summed E-state index contributed by atoms with van der Waals surface area (Å²) in [6.07, 6.45) is 3.57. The molecule has 2 N–H and O–H groups in total. The van der Waals surface area contributed by atoms with E-state index in [-0.39, 0.29) is 16.7 Å². The van der Waals surface area contributed by atoms with Crippen LogP contribution >= 0.6 is 11.3 Å². The molecule has 7 heteroatoms. The normalized spacial score (nSPS) is 19.5. The molecule has 0 atom stereocenters. The molecule has 0 spiro atoms. The van der Waals surface area contributed by atoms with Crippen LogP contribution in [0.2, 0.25) is 0 Å². The molecular formula is C14H21NO4S2. The fourth-order valence-electron chi connectivity index (χ4n) is 2.54. The number of hydrogen-bond donors (Lipinski definition) is 2. The fraction of sp³-hybridized carbons (Fsp3) is 0.643. The number of carboxylic acid groups (broad SMARTS) is 1. The molecular weight excluding hydrogens is 310 g/mol. The van der Waals surface area contributed by atoms with Gasteiger partial charge in [-0.1, -0.05) is 13.8 Å². The van der Waals surface area contributed by atoms with Gasteiger partial charge in [-0.2, -0.15) is 0 Å². The zero-order valence-electron chi connectivity index (χ0n) is 12.3. The summed E-state index contributed by atoms with van der Waals surface area (Å²) in [7, 11) is -3.54. The average Bonchev–Trinajstić information content (AvgIpc) is 2.80. The van der Waals surface area contributed by atoms with Gasteiger partial charge in [0.2, 0.25) is 10.0 Å². The van der Waals surface area contributed by atoms with E-state index in [4.69, 9.17) is 5.11 Å². The van der Waals surface area contributed by atoms with Gasteiger partial charge >= 0.3 is 5.97 Å². The molecule has 0 unspecified atom stereocenters. The van der Waals surface area contributed by atoms with E-state index in [1.54, 1.807) is 6.07 Å². The topological polar surface area (TPSA) is 83.5 Å². The third-order valence-electron chi connectivity index (χ3n) is 3.89. The Balaban J connectivity index is 2.02. The molecule has 0 aliphatic heterocycles. The van der Waals surface area contributed by atoms with Crippen LogP contribution < -0.4 is 4.72 Å². The van der Waals surface area contributed by atoms with Crippen molar-refractivity contribution in [3.05, 3.63) is 17.0 Å². The molecule has 118 valence electrons. The maximum Gasteiger partial charge on any atom is 0.308 e. The highest BCUT2D eigenvalue weighted by Gasteiger charge is 2.30. The van der Waals surface area contributed by atoms with Crippen LogP contribution in [0, 0.1) is 5.41 Å². The van der Waals surface area contributed by atoms with Crippen molar-refractivity contribution >= 4 is 27.3 Å². The summed E-state index contributed by atoms with van der Waals surface area (Å²) in [5.41, 5.74) is 0.291. The van der Waals surface area contributed by atoms with Crippen LogP contribution in [-0.4, -0.2) is 25.5 Å². The van der Waals surface area contributed by atoms with E-state index in [9.17, 15) is 13.2 Å². The van der Waals surface area contributed by atoms with Gasteiger partial charge in [0.25, 0.3) is 0 Å². The molecule has 21 heavy (non-hydrogen) atoms. The first-order valence-electron chi connectivity index (χ1n) is 7.01. The predicted molar refractivity (Wildman–Crippen MR) is 82.0 cm³/mol. The third kappa shape index (κ3) is 4.52. The Kier molecular flexibility index (Phi) is 4.75. The van der Waals surface area contributed by atoms with E-state index in [2.05, 4.69) is 18.6 Å².